The van der Waals surface area contributed by atoms with Gasteiger partial charge in [0.05, 0.1) is 14.2 Å². The van der Waals surface area contributed by atoms with Crippen molar-refractivity contribution in [3.05, 3.63) is 78.0 Å². The van der Waals surface area contributed by atoms with Crippen LogP contribution in [0.4, 0.5) is 11.5 Å². The van der Waals surface area contributed by atoms with Gasteiger partial charge < -0.3 is 25.0 Å². The fourth-order valence-corrected chi connectivity index (χ4v) is 3.70. The molecule has 1 aromatic heterocycles. The predicted octanol–water partition coefficient (Wildman–Crippen LogP) is 3.50. The molecular formula is C24H26N4O3. The maximum atomic E-state index is 12.8. The largest absolute Gasteiger partial charge is 0.493 e. The zero-order valence-electron chi connectivity index (χ0n) is 17.7. The molecule has 1 fully saturated rings. The first-order valence-corrected chi connectivity index (χ1v) is 10.2. The average molecular weight is 418 g/mol. The molecule has 1 saturated heterocycles. The first-order valence-electron chi connectivity index (χ1n) is 10.2. The minimum absolute atomic E-state index is 0.223. The highest BCUT2D eigenvalue weighted by Crippen LogP contribution is 2.30. The molecule has 31 heavy (non-hydrogen) atoms. The first kappa shape index (κ1) is 20.7. The first-order chi connectivity index (χ1) is 15.2. The lowest BCUT2D eigenvalue weighted by Gasteiger charge is -2.34. The van der Waals surface area contributed by atoms with Crippen LogP contribution in [-0.4, -0.2) is 44.7 Å². The highest BCUT2D eigenvalue weighted by Gasteiger charge is 2.22. The Morgan fingerprint density at radius 2 is 1.84 bits per heavy atom. The molecule has 1 amide bonds. The summed E-state index contributed by atoms with van der Waals surface area (Å²) in [6, 6.07) is 21.4. The van der Waals surface area contributed by atoms with Gasteiger partial charge in [-0.25, -0.2) is 4.98 Å². The third kappa shape index (κ3) is 4.78. The van der Waals surface area contributed by atoms with E-state index in [-0.39, 0.29) is 11.9 Å². The summed E-state index contributed by atoms with van der Waals surface area (Å²) in [6.07, 6.45) is 0. The Morgan fingerprint density at radius 1 is 1.03 bits per heavy atom. The van der Waals surface area contributed by atoms with Crippen molar-refractivity contribution in [2.45, 2.75) is 6.04 Å². The van der Waals surface area contributed by atoms with E-state index >= 15 is 0 Å². The number of hydrogen-bond donors (Lipinski definition) is 2. The summed E-state index contributed by atoms with van der Waals surface area (Å²) in [5.74, 6) is 1.67. The van der Waals surface area contributed by atoms with Gasteiger partial charge in [0.25, 0.3) is 5.91 Å². The van der Waals surface area contributed by atoms with Crippen molar-refractivity contribution in [2.75, 3.05) is 44.1 Å². The van der Waals surface area contributed by atoms with Crippen LogP contribution in [0.1, 0.15) is 22.1 Å². The number of piperazine rings is 1. The van der Waals surface area contributed by atoms with E-state index in [0.717, 1.165) is 25.5 Å². The molecule has 0 radical (unpaired) electrons. The minimum atomic E-state index is -0.274. The summed E-state index contributed by atoms with van der Waals surface area (Å²) in [6.45, 7) is 2.47. The van der Waals surface area contributed by atoms with Crippen molar-refractivity contribution in [3.63, 3.8) is 0 Å². The number of nitrogens with one attached hydrogen (secondary N) is 2. The maximum absolute atomic E-state index is 12.8. The summed E-state index contributed by atoms with van der Waals surface area (Å²) < 4.78 is 10.5. The molecule has 0 saturated carbocycles. The SMILES string of the molecule is COc1ccc(NC(=O)c2cccc(N3CCN[C@@H](c4ccccc4)C3)n2)cc1OC. The zero-order chi connectivity index (χ0) is 21.6. The molecule has 1 atom stereocenters. The Kier molecular flexibility index (Phi) is 6.33. The zero-order valence-corrected chi connectivity index (χ0v) is 17.7. The lowest BCUT2D eigenvalue weighted by Crippen LogP contribution is -2.46. The van der Waals surface area contributed by atoms with Crippen LogP contribution < -0.4 is 25.0 Å². The molecule has 0 unspecified atom stereocenters. The van der Waals surface area contributed by atoms with Gasteiger partial charge in [-0.15, -0.1) is 0 Å². The Morgan fingerprint density at radius 3 is 2.61 bits per heavy atom. The summed E-state index contributed by atoms with van der Waals surface area (Å²) in [7, 11) is 3.13. The Bertz CT molecular complexity index is 1040. The lowest BCUT2D eigenvalue weighted by molar-refractivity contribution is 0.102. The quantitative estimate of drug-likeness (QED) is 0.638. The summed E-state index contributed by atoms with van der Waals surface area (Å²) >= 11 is 0. The van der Waals surface area contributed by atoms with E-state index in [4.69, 9.17) is 9.47 Å². The fourth-order valence-electron chi connectivity index (χ4n) is 3.70. The van der Waals surface area contributed by atoms with Gasteiger partial charge in [0.15, 0.2) is 11.5 Å². The highest BCUT2D eigenvalue weighted by atomic mass is 16.5. The van der Waals surface area contributed by atoms with E-state index in [1.165, 1.54) is 5.56 Å². The Hall–Kier alpha value is -3.58. The van der Waals surface area contributed by atoms with Gasteiger partial charge in [-0.3, -0.25) is 4.79 Å². The Balaban J connectivity index is 1.48. The minimum Gasteiger partial charge on any atom is -0.493 e. The number of nitrogens with zero attached hydrogens (tertiary/aromatic N) is 2. The molecule has 160 valence electrons. The van der Waals surface area contributed by atoms with Crippen LogP contribution in [0.5, 0.6) is 11.5 Å². The molecular weight excluding hydrogens is 392 g/mol. The van der Waals surface area contributed by atoms with Crippen LogP contribution in [0.3, 0.4) is 0 Å². The van der Waals surface area contributed by atoms with Crippen LogP contribution in [0.15, 0.2) is 66.7 Å². The van der Waals surface area contributed by atoms with Crippen molar-refractivity contribution >= 4 is 17.4 Å². The van der Waals surface area contributed by atoms with Crippen molar-refractivity contribution < 1.29 is 14.3 Å². The molecule has 2 aromatic carbocycles. The van der Waals surface area contributed by atoms with Gasteiger partial charge in [-0.1, -0.05) is 36.4 Å². The normalized spacial score (nSPS) is 15.9. The fraction of sp³-hybridized carbons (Fsp3) is 0.250. The van der Waals surface area contributed by atoms with Gasteiger partial charge >= 0.3 is 0 Å². The number of pyridine rings is 1. The van der Waals surface area contributed by atoms with Gasteiger partial charge in [0.1, 0.15) is 11.5 Å². The number of ether oxygens (including phenoxy) is 2. The second kappa shape index (κ2) is 9.49. The summed E-state index contributed by atoms with van der Waals surface area (Å²) in [4.78, 5) is 19.6. The number of amides is 1. The molecule has 0 spiro atoms. The lowest BCUT2D eigenvalue weighted by atomic mass is 10.0. The van der Waals surface area contributed by atoms with E-state index < -0.39 is 0 Å². The number of benzene rings is 2. The van der Waals surface area contributed by atoms with E-state index in [2.05, 4.69) is 32.7 Å². The average Bonchev–Trinajstić information content (AvgIpc) is 2.84. The number of rotatable bonds is 6. The number of aromatic nitrogens is 1. The van der Waals surface area contributed by atoms with Gasteiger partial charge in [0.2, 0.25) is 0 Å². The molecule has 3 aromatic rings. The van der Waals surface area contributed by atoms with Crippen molar-refractivity contribution in [1.82, 2.24) is 10.3 Å². The maximum Gasteiger partial charge on any atom is 0.274 e. The van der Waals surface area contributed by atoms with Gasteiger partial charge in [0, 0.05) is 37.4 Å². The second-order valence-corrected chi connectivity index (χ2v) is 7.27. The van der Waals surface area contributed by atoms with Crippen molar-refractivity contribution in [1.29, 1.82) is 0 Å². The van der Waals surface area contributed by atoms with Crippen LogP contribution in [0.25, 0.3) is 0 Å². The predicted molar refractivity (Wildman–Crippen MR) is 121 cm³/mol. The molecule has 1 aliphatic rings. The molecule has 2 N–H and O–H groups in total. The number of methoxy groups -OCH3 is 2. The smallest absolute Gasteiger partial charge is 0.274 e. The molecule has 0 aliphatic carbocycles. The molecule has 7 heteroatoms. The number of hydrogen-bond acceptors (Lipinski definition) is 6. The molecule has 4 rings (SSSR count). The van der Waals surface area contributed by atoms with Crippen molar-refractivity contribution in [2.24, 2.45) is 0 Å². The number of anilines is 2. The second-order valence-electron chi connectivity index (χ2n) is 7.27. The van der Waals surface area contributed by atoms with Crippen LogP contribution in [0.2, 0.25) is 0 Å². The molecule has 0 bridgehead atoms. The monoisotopic (exact) mass is 418 g/mol. The van der Waals surface area contributed by atoms with E-state index in [9.17, 15) is 4.79 Å². The van der Waals surface area contributed by atoms with E-state index in [0.29, 0.717) is 22.9 Å². The molecule has 2 heterocycles. The van der Waals surface area contributed by atoms with Gasteiger partial charge in [-0.05, 0) is 29.8 Å². The van der Waals surface area contributed by atoms with E-state index in [1.54, 1.807) is 38.5 Å². The molecule has 1 aliphatic heterocycles. The highest BCUT2D eigenvalue weighted by molar-refractivity contribution is 6.03. The molecule has 7 nitrogen and oxygen atoms in total. The van der Waals surface area contributed by atoms with E-state index in [1.807, 2.05) is 30.3 Å². The number of carbonyl (C=O) groups is 1. The van der Waals surface area contributed by atoms with Crippen LogP contribution >= 0.6 is 0 Å². The Labute approximate surface area is 182 Å². The van der Waals surface area contributed by atoms with Gasteiger partial charge in [-0.2, -0.15) is 0 Å². The van der Waals surface area contributed by atoms with Crippen LogP contribution in [0, 0.1) is 0 Å². The summed E-state index contributed by atoms with van der Waals surface area (Å²) in [5.41, 5.74) is 2.22. The third-order valence-corrected chi connectivity index (χ3v) is 5.31. The third-order valence-electron chi connectivity index (χ3n) is 5.31. The van der Waals surface area contributed by atoms with Crippen molar-refractivity contribution in [3.8, 4) is 11.5 Å². The summed E-state index contributed by atoms with van der Waals surface area (Å²) in [5, 5.41) is 6.44. The van der Waals surface area contributed by atoms with Crippen LogP contribution in [-0.2, 0) is 0 Å². The number of carbonyl (C=O) groups excluding carboxylic acids is 1. The standard InChI is InChI=1S/C24H26N4O3/c1-30-21-12-11-18(15-22(21)31-2)26-24(29)19-9-6-10-23(27-19)28-14-13-25-20(16-28)17-7-4-3-5-8-17/h3-12,15,20,25H,13-14,16H2,1-2H3,(H,26,29)/t20-/m1/s1. The topological polar surface area (TPSA) is 75.7 Å².